The highest BCUT2D eigenvalue weighted by Crippen LogP contribution is 2.32. The van der Waals surface area contributed by atoms with E-state index in [1.165, 1.54) is 12.1 Å². The molecule has 13 nitrogen and oxygen atoms in total. The SMILES string of the molecule is CCc1nonc1C(=O)N[C@H](C(=O)Nc1ccc([C@H](C)[C@@H](NC(=O)NC2CC2)C(=O)N2CCN(C)CC2)cc1F)[C@H]1CC[C@H](C)CC1. The molecule has 1 saturated heterocycles. The molecule has 0 radical (unpaired) electrons. The molecule has 47 heavy (non-hydrogen) atoms. The summed E-state index contributed by atoms with van der Waals surface area (Å²) in [6.07, 6.45) is 5.54. The van der Waals surface area contributed by atoms with Crippen LogP contribution in [0, 0.1) is 17.7 Å². The Balaban J connectivity index is 1.31. The van der Waals surface area contributed by atoms with Gasteiger partial charge in [-0.25, -0.2) is 13.8 Å². The third-order valence-corrected chi connectivity index (χ3v) is 9.76. The highest BCUT2D eigenvalue weighted by Gasteiger charge is 2.36. The lowest BCUT2D eigenvalue weighted by Gasteiger charge is -2.36. The second kappa shape index (κ2) is 15.2. The predicted molar refractivity (Wildman–Crippen MR) is 172 cm³/mol. The molecule has 3 atom stereocenters. The molecule has 2 aliphatic carbocycles. The Morgan fingerprint density at radius 2 is 1.70 bits per heavy atom. The minimum Gasteiger partial charge on any atom is -0.338 e. The fourth-order valence-electron chi connectivity index (χ4n) is 6.38. The van der Waals surface area contributed by atoms with Crippen molar-refractivity contribution in [3.05, 3.63) is 41.0 Å². The number of aromatic nitrogens is 2. The lowest BCUT2D eigenvalue weighted by Crippen LogP contribution is -2.57. The fraction of sp³-hybridized carbons (Fsp3) is 0.636. The Morgan fingerprint density at radius 3 is 2.34 bits per heavy atom. The number of nitrogens with one attached hydrogen (secondary N) is 4. The summed E-state index contributed by atoms with van der Waals surface area (Å²) in [5.74, 6) is -2.20. The monoisotopic (exact) mass is 654 g/mol. The molecular formula is C33H47FN8O5. The number of carbonyl (C=O) groups excluding carboxylic acids is 4. The molecule has 3 aliphatic rings. The quantitative estimate of drug-likeness (QED) is 0.288. The average molecular weight is 655 g/mol. The normalized spacial score (nSPS) is 22.1. The number of hydrogen-bond donors (Lipinski definition) is 4. The summed E-state index contributed by atoms with van der Waals surface area (Å²) in [6.45, 7) is 8.28. The van der Waals surface area contributed by atoms with E-state index in [4.69, 9.17) is 4.63 Å². The molecule has 1 aromatic carbocycles. The molecule has 3 fully saturated rings. The van der Waals surface area contributed by atoms with Crippen LogP contribution in [-0.2, 0) is 16.0 Å². The second-order valence-electron chi connectivity index (χ2n) is 13.4. The fourth-order valence-corrected chi connectivity index (χ4v) is 6.38. The van der Waals surface area contributed by atoms with Gasteiger partial charge in [0.15, 0.2) is 5.69 Å². The maximum Gasteiger partial charge on any atom is 0.315 e. The first-order valence-corrected chi connectivity index (χ1v) is 16.8. The standard InChI is InChI=1S/C33H47FN8O5/c1-5-25-29(40-47-39-25)31(44)37-28(21-8-6-19(2)7-9-21)30(43)36-26-13-10-22(18-24(26)34)20(3)27(38-33(46)35-23-11-12-23)32(45)42-16-14-41(4)15-17-42/h10,13,18-21,23,27-28H,5-9,11-12,14-17H2,1-4H3,(H,36,43)(H,37,44)(H2,35,38,46)/t19-,20-,21-,27+,28-/m0/s1. The van der Waals surface area contributed by atoms with Crippen molar-refractivity contribution in [2.75, 3.05) is 38.5 Å². The Morgan fingerprint density at radius 1 is 1.00 bits per heavy atom. The smallest absolute Gasteiger partial charge is 0.315 e. The molecule has 5 rings (SSSR count). The molecule has 0 spiro atoms. The molecule has 14 heteroatoms. The van der Waals surface area contributed by atoms with Crippen molar-refractivity contribution in [3.8, 4) is 0 Å². The summed E-state index contributed by atoms with van der Waals surface area (Å²) in [6, 6.07) is 2.25. The highest BCUT2D eigenvalue weighted by molar-refractivity contribution is 6.01. The summed E-state index contributed by atoms with van der Waals surface area (Å²) >= 11 is 0. The topological polar surface area (TPSA) is 162 Å². The van der Waals surface area contributed by atoms with E-state index in [-0.39, 0.29) is 29.2 Å². The number of aryl methyl sites for hydroxylation is 1. The van der Waals surface area contributed by atoms with Gasteiger partial charge >= 0.3 is 6.03 Å². The summed E-state index contributed by atoms with van der Waals surface area (Å²) in [4.78, 5) is 57.1. The lowest BCUT2D eigenvalue weighted by molar-refractivity contribution is -0.135. The average Bonchev–Trinajstić information content (AvgIpc) is 3.74. The van der Waals surface area contributed by atoms with Crippen LogP contribution in [0.5, 0.6) is 0 Å². The molecule has 2 saturated carbocycles. The third-order valence-electron chi connectivity index (χ3n) is 9.76. The van der Waals surface area contributed by atoms with Crippen LogP contribution >= 0.6 is 0 Å². The largest absolute Gasteiger partial charge is 0.338 e. The van der Waals surface area contributed by atoms with E-state index < -0.39 is 41.7 Å². The predicted octanol–water partition coefficient (Wildman–Crippen LogP) is 3.04. The summed E-state index contributed by atoms with van der Waals surface area (Å²) in [5.41, 5.74) is 0.863. The number of piperazine rings is 1. The van der Waals surface area contributed by atoms with Gasteiger partial charge in [-0.05, 0) is 73.8 Å². The van der Waals surface area contributed by atoms with Crippen LogP contribution in [0.25, 0.3) is 0 Å². The Labute approximate surface area is 274 Å². The lowest BCUT2D eigenvalue weighted by atomic mass is 9.79. The number of anilines is 1. The van der Waals surface area contributed by atoms with Gasteiger partial charge in [0.05, 0.1) is 5.69 Å². The number of amides is 5. The van der Waals surface area contributed by atoms with Gasteiger partial charge in [0.1, 0.15) is 23.6 Å². The number of rotatable bonds is 11. The van der Waals surface area contributed by atoms with Crippen molar-refractivity contribution in [1.29, 1.82) is 0 Å². The van der Waals surface area contributed by atoms with Gasteiger partial charge in [-0.3, -0.25) is 14.4 Å². The molecule has 1 aromatic heterocycles. The van der Waals surface area contributed by atoms with Crippen LogP contribution in [0.15, 0.2) is 22.8 Å². The van der Waals surface area contributed by atoms with E-state index in [9.17, 15) is 19.2 Å². The maximum absolute atomic E-state index is 15.7. The van der Waals surface area contributed by atoms with Crippen LogP contribution in [0.2, 0.25) is 0 Å². The van der Waals surface area contributed by atoms with Crippen LogP contribution in [0.3, 0.4) is 0 Å². The zero-order valence-electron chi connectivity index (χ0n) is 27.7. The van der Waals surface area contributed by atoms with Crippen LogP contribution in [-0.4, -0.2) is 95.2 Å². The van der Waals surface area contributed by atoms with Crippen molar-refractivity contribution in [2.24, 2.45) is 11.8 Å². The Kier molecular flexibility index (Phi) is 11.1. The van der Waals surface area contributed by atoms with Crippen LogP contribution < -0.4 is 21.3 Å². The Hall–Kier alpha value is -4.07. The summed E-state index contributed by atoms with van der Waals surface area (Å²) < 4.78 is 20.4. The van der Waals surface area contributed by atoms with Crippen molar-refractivity contribution in [1.82, 2.24) is 36.1 Å². The summed E-state index contributed by atoms with van der Waals surface area (Å²) in [7, 11) is 1.99. The van der Waals surface area contributed by atoms with Crippen molar-refractivity contribution < 1.29 is 28.2 Å². The first-order valence-electron chi connectivity index (χ1n) is 16.8. The van der Waals surface area contributed by atoms with E-state index in [2.05, 4.69) is 43.4 Å². The van der Waals surface area contributed by atoms with Crippen molar-refractivity contribution >= 4 is 29.4 Å². The number of nitrogens with zero attached hydrogens (tertiary/aromatic N) is 4. The number of hydrogen-bond acceptors (Lipinski definition) is 8. The zero-order chi connectivity index (χ0) is 33.7. The molecule has 1 aliphatic heterocycles. The molecular weight excluding hydrogens is 607 g/mol. The van der Waals surface area contributed by atoms with Gasteiger partial charge in [-0.15, -0.1) is 0 Å². The molecule has 0 bridgehead atoms. The molecule has 2 aromatic rings. The first kappa shape index (κ1) is 34.3. The molecule has 4 N–H and O–H groups in total. The van der Waals surface area contributed by atoms with Gasteiger partial charge < -0.3 is 31.1 Å². The number of carbonyl (C=O) groups is 4. The first-order chi connectivity index (χ1) is 22.5. The molecule has 256 valence electrons. The van der Waals surface area contributed by atoms with Crippen molar-refractivity contribution in [2.45, 2.75) is 89.8 Å². The van der Waals surface area contributed by atoms with E-state index in [1.807, 2.05) is 14.0 Å². The minimum absolute atomic E-state index is 0.0269. The van der Waals surface area contributed by atoms with Gasteiger partial charge in [-0.1, -0.05) is 44.8 Å². The number of benzene rings is 1. The highest BCUT2D eigenvalue weighted by atomic mass is 19.1. The summed E-state index contributed by atoms with van der Waals surface area (Å²) in [5, 5.41) is 18.7. The van der Waals surface area contributed by atoms with Gasteiger partial charge in [-0.2, -0.15) is 0 Å². The second-order valence-corrected chi connectivity index (χ2v) is 13.4. The third kappa shape index (κ3) is 8.65. The van der Waals surface area contributed by atoms with Gasteiger partial charge in [0.2, 0.25) is 11.8 Å². The molecule has 5 amide bonds. The van der Waals surface area contributed by atoms with E-state index in [0.717, 1.165) is 51.6 Å². The van der Waals surface area contributed by atoms with Crippen LogP contribution in [0.4, 0.5) is 14.9 Å². The zero-order valence-corrected chi connectivity index (χ0v) is 27.7. The Bertz CT molecular complexity index is 1430. The van der Waals surface area contributed by atoms with Gasteiger partial charge in [0, 0.05) is 38.1 Å². The van der Waals surface area contributed by atoms with E-state index in [1.54, 1.807) is 17.9 Å². The van der Waals surface area contributed by atoms with E-state index in [0.29, 0.717) is 36.7 Å². The minimum atomic E-state index is -0.922. The maximum atomic E-state index is 15.7. The number of likely N-dealkylation sites (N-methyl/N-ethyl adjacent to an activating group) is 1. The molecule has 2 heterocycles. The van der Waals surface area contributed by atoms with Crippen LogP contribution in [0.1, 0.15) is 87.0 Å². The van der Waals surface area contributed by atoms with Crippen molar-refractivity contribution in [3.63, 3.8) is 0 Å². The molecule has 0 unspecified atom stereocenters. The van der Waals surface area contributed by atoms with E-state index >= 15 is 4.39 Å². The number of halogens is 1. The van der Waals surface area contributed by atoms with Gasteiger partial charge in [0.25, 0.3) is 5.91 Å². The number of urea groups is 1.